The molecule has 4 nitrogen and oxygen atoms in total. The van der Waals surface area contributed by atoms with Gasteiger partial charge in [0.05, 0.1) is 6.10 Å². The molecule has 110 valence electrons. The van der Waals surface area contributed by atoms with Crippen molar-refractivity contribution in [1.29, 1.82) is 0 Å². The fourth-order valence-electron chi connectivity index (χ4n) is 1.63. The highest BCUT2D eigenvalue weighted by molar-refractivity contribution is 7.80. The second-order valence-electron chi connectivity index (χ2n) is 5.17. The van der Waals surface area contributed by atoms with Gasteiger partial charge in [-0.05, 0) is 44.1 Å². The lowest BCUT2D eigenvalue weighted by Crippen LogP contribution is -2.47. The van der Waals surface area contributed by atoms with Crippen LogP contribution in [-0.2, 0) is 9.53 Å². The number of hydrogen-bond acceptors (Lipinski definition) is 3. The van der Waals surface area contributed by atoms with Crippen LogP contribution in [0.1, 0.15) is 27.7 Å². The van der Waals surface area contributed by atoms with E-state index >= 15 is 0 Å². The molecule has 0 aliphatic carbocycles. The number of anilines is 1. The third kappa shape index (κ3) is 5.57. The smallest absolute Gasteiger partial charge is 0.329 e. The molecule has 0 unspecified atom stereocenters. The van der Waals surface area contributed by atoms with Crippen LogP contribution in [0, 0.1) is 5.92 Å². The molecular weight excluding hydrogens is 272 g/mol. The van der Waals surface area contributed by atoms with Crippen LogP contribution in [0.15, 0.2) is 30.3 Å². The maximum atomic E-state index is 12.0. The Morgan fingerprint density at radius 2 is 1.75 bits per heavy atom. The van der Waals surface area contributed by atoms with E-state index in [1.54, 1.807) is 0 Å². The van der Waals surface area contributed by atoms with Crippen molar-refractivity contribution in [3.05, 3.63) is 30.3 Å². The Kier molecular flexibility index (Phi) is 6.45. The van der Waals surface area contributed by atoms with Gasteiger partial charge in [-0.3, -0.25) is 0 Å². The summed E-state index contributed by atoms with van der Waals surface area (Å²) in [6.45, 7) is 7.56. The van der Waals surface area contributed by atoms with Crippen LogP contribution in [0.5, 0.6) is 0 Å². The zero-order valence-electron chi connectivity index (χ0n) is 12.3. The van der Waals surface area contributed by atoms with Crippen LogP contribution in [0.25, 0.3) is 0 Å². The van der Waals surface area contributed by atoms with Gasteiger partial charge in [0, 0.05) is 5.69 Å². The third-order valence-corrected chi connectivity index (χ3v) is 2.81. The molecule has 0 amide bonds. The van der Waals surface area contributed by atoms with E-state index in [0.717, 1.165) is 5.69 Å². The van der Waals surface area contributed by atoms with E-state index in [1.807, 2.05) is 58.0 Å². The molecule has 0 spiro atoms. The molecule has 0 aliphatic rings. The molecule has 20 heavy (non-hydrogen) atoms. The normalized spacial score (nSPS) is 12.1. The van der Waals surface area contributed by atoms with Gasteiger partial charge in [-0.15, -0.1) is 0 Å². The Labute approximate surface area is 125 Å². The first-order chi connectivity index (χ1) is 9.40. The van der Waals surface area contributed by atoms with Crippen molar-refractivity contribution in [3.63, 3.8) is 0 Å². The summed E-state index contributed by atoms with van der Waals surface area (Å²) >= 11 is 5.23. The van der Waals surface area contributed by atoms with Crippen molar-refractivity contribution < 1.29 is 9.53 Å². The molecule has 2 N–H and O–H groups in total. The van der Waals surface area contributed by atoms with Gasteiger partial charge < -0.3 is 15.4 Å². The minimum absolute atomic E-state index is 0.0803. The van der Waals surface area contributed by atoms with Gasteiger partial charge in [0.2, 0.25) is 0 Å². The summed E-state index contributed by atoms with van der Waals surface area (Å²) in [5.41, 5.74) is 0.879. The zero-order valence-corrected chi connectivity index (χ0v) is 13.2. The first-order valence-corrected chi connectivity index (χ1v) is 7.14. The lowest BCUT2D eigenvalue weighted by atomic mass is 10.1. The lowest BCUT2D eigenvalue weighted by molar-refractivity contribution is -0.150. The summed E-state index contributed by atoms with van der Waals surface area (Å²) in [5.74, 6) is -0.205. The van der Waals surface area contributed by atoms with E-state index in [0.29, 0.717) is 5.11 Å². The molecule has 0 radical (unpaired) electrons. The van der Waals surface area contributed by atoms with Gasteiger partial charge in [0.1, 0.15) is 6.04 Å². The van der Waals surface area contributed by atoms with E-state index in [4.69, 9.17) is 17.0 Å². The number of para-hydroxylation sites is 1. The Bertz CT molecular complexity index is 446. The number of esters is 1. The summed E-state index contributed by atoms with van der Waals surface area (Å²) in [6, 6.07) is 9.12. The molecule has 1 aromatic rings. The molecule has 5 heteroatoms. The predicted molar refractivity (Wildman–Crippen MR) is 85.7 cm³/mol. The first-order valence-electron chi connectivity index (χ1n) is 6.73. The molecule has 0 aliphatic heterocycles. The number of nitrogens with one attached hydrogen (secondary N) is 2. The van der Waals surface area contributed by atoms with Crippen molar-refractivity contribution in [1.82, 2.24) is 5.32 Å². The quantitative estimate of drug-likeness (QED) is 0.646. The second kappa shape index (κ2) is 7.85. The monoisotopic (exact) mass is 294 g/mol. The minimum Gasteiger partial charge on any atom is -0.461 e. The number of benzene rings is 1. The Hall–Kier alpha value is -1.62. The molecule has 0 aromatic heterocycles. The van der Waals surface area contributed by atoms with Crippen molar-refractivity contribution in [2.24, 2.45) is 5.92 Å². The van der Waals surface area contributed by atoms with Crippen molar-refractivity contribution >= 4 is 29.0 Å². The largest absolute Gasteiger partial charge is 0.461 e. The van der Waals surface area contributed by atoms with Gasteiger partial charge in [-0.25, -0.2) is 4.79 Å². The van der Waals surface area contributed by atoms with Gasteiger partial charge in [0.15, 0.2) is 5.11 Å². The average molecular weight is 294 g/mol. The van der Waals surface area contributed by atoms with Gasteiger partial charge in [-0.1, -0.05) is 32.0 Å². The third-order valence-electron chi connectivity index (χ3n) is 2.59. The standard InChI is InChI=1S/C15H22N2O2S/c1-10(2)13(14(18)19-11(3)4)17-15(20)16-12-8-6-5-7-9-12/h5-11,13H,1-4H3,(H2,16,17,20)/t13-/m0/s1. The molecule has 0 heterocycles. The summed E-state index contributed by atoms with van der Waals surface area (Å²) in [4.78, 5) is 12.0. The average Bonchev–Trinajstić information content (AvgIpc) is 2.35. The Morgan fingerprint density at radius 3 is 2.25 bits per heavy atom. The molecule has 0 fully saturated rings. The van der Waals surface area contributed by atoms with Crippen molar-refractivity contribution in [2.45, 2.75) is 39.8 Å². The SMILES string of the molecule is CC(C)OC(=O)[C@@H](NC(=S)Nc1ccccc1)C(C)C. The number of rotatable bonds is 5. The highest BCUT2D eigenvalue weighted by Crippen LogP contribution is 2.08. The molecular formula is C15H22N2O2S. The van der Waals surface area contributed by atoms with Crippen LogP contribution in [-0.4, -0.2) is 23.2 Å². The van der Waals surface area contributed by atoms with Gasteiger partial charge >= 0.3 is 5.97 Å². The minimum atomic E-state index is -0.457. The maximum absolute atomic E-state index is 12.0. The number of carbonyl (C=O) groups is 1. The first kappa shape index (κ1) is 16.4. The number of thiocarbonyl (C=S) groups is 1. The van der Waals surface area contributed by atoms with E-state index < -0.39 is 6.04 Å². The molecule has 0 saturated carbocycles. The number of hydrogen-bond donors (Lipinski definition) is 2. The van der Waals surface area contributed by atoms with Crippen molar-refractivity contribution in [3.8, 4) is 0 Å². The molecule has 0 saturated heterocycles. The summed E-state index contributed by atoms with van der Waals surface area (Å²) in [7, 11) is 0. The maximum Gasteiger partial charge on any atom is 0.329 e. The molecule has 1 rings (SSSR count). The van der Waals surface area contributed by atoms with Crippen LogP contribution in [0.4, 0.5) is 5.69 Å². The fraction of sp³-hybridized carbons (Fsp3) is 0.467. The fourth-order valence-corrected chi connectivity index (χ4v) is 1.88. The highest BCUT2D eigenvalue weighted by atomic mass is 32.1. The van der Waals surface area contributed by atoms with Crippen molar-refractivity contribution in [2.75, 3.05) is 5.32 Å². The summed E-state index contributed by atoms with van der Waals surface area (Å²) in [6.07, 6.45) is -0.138. The van der Waals surface area contributed by atoms with E-state index in [1.165, 1.54) is 0 Å². The van der Waals surface area contributed by atoms with Crippen LogP contribution < -0.4 is 10.6 Å². The number of ether oxygens (including phenoxy) is 1. The van der Waals surface area contributed by atoms with Crippen LogP contribution >= 0.6 is 12.2 Å². The van der Waals surface area contributed by atoms with Crippen LogP contribution in [0.3, 0.4) is 0 Å². The summed E-state index contributed by atoms with van der Waals surface area (Å²) < 4.78 is 5.24. The predicted octanol–water partition coefficient (Wildman–Crippen LogP) is 2.95. The topological polar surface area (TPSA) is 50.4 Å². The Morgan fingerprint density at radius 1 is 1.15 bits per heavy atom. The highest BCUT2D eigenvalue weighted by Gasteiger charge is 2.25. The second-order valence-corrected chi connectivity index (χ2v) is 5.58. The van der Waals surface area contributed by atoms with Gasteiger partial charge in [0.25, 0.3) is 0 Å². The number of carbonyl (C=O) groups excluding carboxylic acids is 1. The van der Waals surface area contributed by atoms with Crippen LogP contribution in [0.2, 0.25) is 0 Å². The summed E-state index contributed by atoms with van der Waals surface area (Å²) in [5, 5.41) is 6.48. The molecule has 1 atom stereocenters. The molecule has 0 bridgehead atoms. The van der Waals surface area contributed by atoms with Gasteiger partial charge in [-0.2, -0.15) is 0 Å². The zero-order chi connectivity index (χ0) is 15.1. The van der Waals surface area contributed by atoms with E-state index in [-0.39, 0.29) is 18.0 Å². The molecule has 1 aromatic carbocycles. The Balaban J connectivity index is 2.61. The van der Waals surface area contributed by atoms with E-state index in [9.17, 15) is 4.79 Å². The van der Waals surface area contributed by atoms with E-state index in [2.05, 4.69) is 10.6 Å². The lowest BCUT2D eigenvalue weighted by Gasteiger charge is -2.23.